The Morgan fingerprint density at radius 2 is 1.39 bits per heavy atom. The monoisotopic (exact) mass is 445 g/mol. The van der Waals surface area contributed by atoms with E-state index in [1.165, 1.54) is 5.56 Å². The fourth-order valence-electron chi connectivity index (χ4n) is 3.69. The second-order valence-corrected chi connectivity index (χ2v) is 10.3. The number of aliphatic carboxylic acids is 2. The Balaban J connectivity index is 2.09. The van der Waals surface area contributed by atoms with Gasteiger partial charge in [0.15, 0.2) is 0 Å². The zero-order chi connectivity index (χ0) is 22.7. The minimum absolute atomic E-state index is 0.115. The van der Waals surface area contributed by atoms with Crippen LogP contribution in [0, 0.1) is 10.7 Å². The number of hydrogen-bond donors (Lipinski definition) is 3. The van der Waals surface area contributed by atoms with Gasteiger partial charge in [0.25, 0.3) is 0 Å². The Morgan fingerprint density at radius 1 is 0.839 bits per heavy atom. The van der Waals surface area contributed by atoms with Gasteiger partial charge in [0.1, 0.15) is 0 Å². The molecule has 0 aliphatic heterocycles. The lowest BCUT2D eigenvalue weighted by Gasteiger charge is -2.23. The van der Waals surface area contributed by atoms with Gasteiger partial charge in [-0.05, 0) is 49.7 Å². The highest BCUT2D eigenvalue weighted by molar-refractivity contribution is 7.93. The van der Waals surface area contributed by atoms with Crippen LogP contribution in [0.4, 0.5) is 0 Å². The Labute approximate surface area is 184 Å². The molecule has 2 aromatic carbocycles. The summed E-state index contributed by atoms with van der Waals surface area (Å²) in [6.07, 6.45) is 2.90. The summed E-state index contributed by atoms with van der Waals surface area (Å²) in [5, 5.41) is 17.9. The quantitative estimate of drug-likeness (QED) is 0.392. The minimum atomic E-state index is -3.21. The molecule has 0 saturated carbocycles. The molecule has 0 bridgehead atoms. The molecule has 0 spiro atoms. The summed E-state index contributed by atoms with van der Waals surface area (Å²) in [5.74, 6) is -3.67. The normalized spacial score (nSPS) is 15.0. The van der Waals surface area contributed by atoms with Gasteiger partial charge in [-0.3, -0.25) is 14.4 Å². The number of rotatable bonds is 14. The molecule has 6 nitrogen and oxygen atoms in total. The van der Waals surface area contributed by atoms with Crippen LogP contribution in [0.2, 0.25) is 0 Å². The Morgan fingerprint density at radius 3 is 1.90 bits per heavy atom. The van der Waals surface area contributed by atoms with Crippen molar-refractivity contribution < 1.29 is 24.0 Å². The average Bonchev–Trinajstić information content (AvgIpc) is 2.74. The fourth-order valence-corrected chi connectivity index (χ4v) is 5.91. The standard InChI is InChI=1S/C24H31NO5S/c25-31(30,18-21(24(28)29)15-17-23(26)27)22(16-14-20-10-5-2-6-11-20)13-7-12-19-8-3-1-4-9-19/h1-6,8-11,21-22,25H,7,12-18H2,(H,26,27)(H,28,29). The van der Waals surface area contributed by atoms with E-state index in [4.69, 9.17) is 9.89 Å². The first-order valence-corrected chi connectivity index (χ1v) is 12.3. The molecule has 0 aromatic heterocycles. The molecule has 3 N–H and O–H groups in total. The molecule has 0 saturated heterocycles. The maximum Gasteiger partial charge on any atom is 0.307 e. The van der Waals surface area contributed by atoms with Crippen molar-refractivity contribution in [2.45, 2.75) is 50.2 Å². The summed E-state index contributed by atoms with van der Waals surface area (Å²) in [5.41, 5.74) is 2.26. The van der Waals surface area contributed by atoms with Crippen molar-refractivity contribution in [3.63, 3.8) is 0 Å². The summed E-state index contributed by atoms with van der Waals surface area (Å²) in [4.78, 5) is 22.4. The Kier molecular flexibility index (Phi) is 9.72. The summed E-state index contributed by atoms with van der Waals surface area (Å²) in [7, 11) is -3.21. The Bertz CT molecular complexity index is 929. The fraction of sp³-hybridized carbons (Fsp3) is 0.417. The zero-order valence-electron chi connectivity index (χ0n) is 17.6. The predicted octanol–water partition coefficient (Wildman–Crippen LogP) is 4.62. The largest absolute Gasteiger partial charge is 0.481 e. The minimum Gasteiger partial charge on any atom is -0.481 e. The molecule has 3 atom stereocenters. The topological polar surface area (TPSA) is 116 Å². The first-order chi connectivity index (χ1) is 14.8. The van der Waals surface area contributed by atoms with Gasteiger partial charge in [0.2, 0.25) is 0 Å². The number of hydrogen-bond acceptors (Lipinski definition) is 4. The highest BCUT2D eigenvalue weighted by atomic mass is 32.2. The number of nitrogens with one attached hydrogen (secondary N) is 1. The number of aryl methyl sites for hydroxylation is 2. The summed E-state index contributed by atoms with van der Waals surface area (Å²) in [6, 6.07) is 19.7. The van der Waals surface area contributed by atoms with Crippen molar-refractivity contribution >= 4 is 21.7 Å². The van der Waals surface area contributed by atoms with Gasteiger partial charge >= 0.3 is 11.9 Å². The number of carboxylic acid groups (broad SMARTS) is 2. The lowest BCUT2D eigenvalue weighted by molar-refractivity contribution is -0.142. The second-order valence-electron chi connectivity index (χ2n) is 7.88. The maximum atomic E-state index is 13.4. The number of carbonyl (C=O) groups is 2. The molecule has 2 rings (SSSR count). The van der Waals surface area contributed by atoms with Gasteiger partial charge in [-0.25, -0.2) is 4.21 Å². The predicted molar refractivity (Wildman–Crippen MR) is 122 cm³/mol. The van der Waals surface area contributed by atoms with Gasteiger partial charge < -0.3 is 10.2 Å². The smallest absolute Gasteiger partial charge is 0.307 e. The Hall–Kier alpha value is -2.67. The van der Waals surface area contributed by atoms with Crippen LogP contribution >= 0.6 is 0 Å². The first-order valence-electron chi connectivity index (χ1n) is 10.6. The molecular weight excluding hydrogens is 414 g/mol. The second kappa shape index (κ2) is 12.2. The van der Waals surface area contributed by atoms with Crippen molar-refractivity contribution in [1.29, 1.82) is 4.78 Å². The van der Waals surface area contributed by atoms with Crippen molar-refractivity contribution in [2.24, 2.45) is 5.92 Å². The third-order valence-electron chi connectivity index (χ3n) is 5.48. The van der Waals surface area contributed by atoms with E-state index in [0.717, 1.165) is 18.4 Å². The number of benzene rings is 2. The number of carboxylic acids is 2. The molecular formula is C24H31NO5S. The van der Waals surface area contributed by atoms with E-state index < -0.39 is 32.8 Å². The molecule has 7 heteroatoms. The van der Waals surface area contributed by atoms with E-state index >= 15 is 0 Å². The molecule has 2 aromatic rings. The first kappa shape index (κ1) is 24.6. The van der Waals surface area contributed by atoms with E-state index in [9.17, 15) is 18.9 Å². The summed E-state index contributed by atoms with van der Waals surface area (Å²) in [6.45, 7) is 0. The van der Waals surface area contributed by atoms with Gasteiger partial charge in [-0.15, -0.1) is 0 Å². The molecule has 0 amide bonds. The van der Waals surface area contributed by atoms with Crippen LogP contribution in [0.1, 0.15) is 43.2 Å². The van der Waals surface area contributed by atoms with Crippen molar-refractivity contribution in [3.05, 3.63) is 71.8 Å². The van der Waals surface area contributed by atoms with Crippen molar-refractivity contribution in [1.82, 2.24) is 0 Å². The highest BCUT2D eigenvalue weighted by Crippen LogP contribution is 2.23. The van der Waals surface area contributed by atoms with E-state index in [-0.39, 0.29) is 18.6 Å². The molecule has 3 unspecified atom stereocenters. The molecule has 0 heterocycles. The van der Waals surface area contributed by atoms with Crippen LogP contribution in [0.3, 0.4) is 0 Å². The van der Waals surface area contributed by atoms with Gasteiger partial charge in [0, 0.05) is 27.2 Å². The van der Waals surface area contributed by atoms with Crippen molar-refractivity contribution in [2.75, 3.05) is 5.75 Å². The lowest BCUT2D eigenvalue weighted by atomic mass is 10.0. The molecule has 0 fully saturated rings. The van der Waals surface area contributed by atoms with Crippen LogP contribution in [0.25, 0.3) is 0 Å². The van der Waals surface area contributed by atoms with Crippen molar-refractivity contribution in [3.8, 4) is 0 Å². The molecule has 0 radical (unpaired) electrons. The molecule has 168 valence electrons. The van der Waals surface area contributed by atoms with Gasteiger partial charge in [-0.1, -0.05) is 60.7 Å². The third kappa shape index (κ3) is 8.92. The van der Waals surface area contributed by atoms with Crippen LogP contribution in [-0.4, -0.2) is 37.4 Å². The maximum absolute atomic E-state index is 13.4. The van der Waals surface area contributed by atoms with Gasteiger partial charge in [0.05, 0.1) is 5.92 Å². The lowest BCUT2D eigenvalue weighted by Crippen LogP contribution is -2.31. The van der Waals surface area contributed by atoms with Crippen LogP contribution in [-0.2, 0) is 32.2 Å². The zero-order valence-corrected chi connectivity index (χ0v) is 18.4. The van der Waals surface area contributed by atoms with E-state index in [1.807, 2.05) is 60.7 Å². The van der Waals surface area contributed by atoms with Gasteiger partial charge in [-0.2, -0.15) is 0 Å². The average molecular weight is 446 g/mol. The molecule has 31 heavy (non-hydrogen) atoms. The van der Waals surface area contributed by atoms with Crippen LogP contribution in [0.5, 0.6) is 0 Å². The summed E-state index contributed by atoms with van der Waals surface area (Å²) >= 11 is 0. The van der Waals surface area contributed by atoms with E-state index in [0.29, 0.717) is 19.3 Å². The molecule has 0 aliphatic rings. The van der Waals surface area contributed by atoms with Crippen LogP contribution < -0.4 is 0 Å². The van der Waals surface area contributed by atoms with E-state index in [2.05, 4.69) is 0 Å². The SMILES string of the molecule is N=S(=O)(CC(CCC(=O)O)C(=O)O)C(CCCc1ccccc1)CCc1ccccc1. The molecule has 0 aliphatic carbocycles. The van der Waals surface area contributed by atoms with Crippen LogP contribution in [0.15, 0.2) is 60.7 Å². The highest BCUT2D eigenvalue weighted by Gasteiger charge is 2.29. The van der Waals surface area contributed by atoms with E-state index in [1.54, 1.807) is 0 Å². The third-order valence-corrected chi connectivity index (χ3v) is 7.92. The summed E-state index contributed by atoms with van der Waals surface area (Å²) < 4.78 is 21.9.